The molecule has 3 rings (SSSR count). The van der Waals surface area contributed by atoms with E-state index in [2.05, 4.69) is 25.5 Å². The fourth-order valence-electron chi connectivity index (χ4n) is 4.82. The van der Waals surface area contributed by atoms with Gasteiger partial charge >= 0.3 is 0 Å². The zero-order valence-corrected chi connectivity index (χ0v) is 10.4. The van der Waals surface area contributed by atoms with E-state index in [1.54, 1.807) is 0 Å². The van der Waals surface area contributed by atoms with E-state index in [9.17, 15) is 8.42 Å². The first kappa shape index (κ1) is 10.1. The van der Waals surface area contributed by atoms with E-state index >= 15 is 0 Å². The average Bonchev–Trinajstić information content (AvgIpc) is 2.54. The van der Waals surface area contributed by atoms with Gasteiger partial charge in [0.2, 0.25) is 10.0 Å². The SMILES string of the molecule is C[C@H]1C2CCC3(CS(=O)(=O)N[C@@H]13)C2(C)C. The van der Waals surface area contributed by atoms with Crippen LogP contribution in [-0.4, -0.2) is 20.2 Å². The third-order valence-corrected chi connectivity index (χ3v) is 7.13. The minimum atomic E-state index is -3.00. The van der Waals surface area contributed by atoms with E-state index in [0.717, 1.165) is 6.42 Å². The normalized spacial score (nSPS) is 54.5. The molecule has 1 N–H and O–H groups in total. The van der Waals surface area contributed by atoms with Crippen molar-refractivity contribution in [2.24, 2.45) is 22.7 Å². The van der Waals surface area contributed by atoms with E-state index < -0.39 is 10.0 Å². The molecule has 1 aliphatic heterocycles. The summed E-state index contributed by atoms with van der Waals surface area (Å²) in [6.07, 6.45) is 2.30. The Kier molecular flexibility index (Phi) is 1.63. The Hall–Kier alpha value is -0.0900. The van der Waals surface area contributed by atoms with E-state index in [1.807, 2.05) is 0 Å². The quantitative estimate of drug-likeness (QED) is 0.682. The van der Waals surface area contributed by atoms with Crippen LogP contribution in [0.15, 0.2) is 0 Å². The van der Waals surface area contributed by atoms with Crippen molar-refractivity contribution in [3.63, 3.8) is 0 Å². The van der Waals surface area contributed by atoms with E-state index in [-0.39, 0.29) is 16.9 Å². The third-order valence-electron chi connectivity index (χ3n) is 5.62. The summed E-state index contributed by atoms with van der Waals surface area (Å²) in [5.74, 6) is 1.56. The van der Waals surface area contributed by atoms with Crippen molar-refractivity contribution in [1.82, 2.24) is 4.72 Å². The molecule has 0 amide bonds. The summed E-state index contributed by atoms with van der Waals surface area (Å²) in [6.45, 7) is 6.75. The lowest BCUT2D eigenvalue weighted by Gasteiger charge is -2.36. The van der Waals surface area contributed by atoms with Crippen LogP contribution in [0.4, 0.5) is 0 Å². The van der Waals surface area contributed by atoms with Crippen LogP contribution in [0.1, 0.15) is 33.6 Å². The molecule has 2 unspecified atom stereocenters. The van der Waals surface area contributed by atoms with Gasteiger partial charge in [-0.2, -0.15) is 0 Å². The zero-order valence-electron chi connectivity index (χ0n) is 9.58. The minimum Gasteiger partial charge on any atom is -0.212 e. The van der Waals surface area contributed by atoms with Gasteiger partial charge in [-0.3, -0.25) is 0 Å². The maximum absolute atomic E-state index is 11.7. The Bertz CT molecular complexity index is 414. The monoisotopic (exact) mass is 229 g/mol. The first-order chi connectivity index (χ1) is 6.80. The summed E-state index contributed by atoms with van der Waals surface area (Å²) in [4.78, 5) is 0. The van der Waals surface area contributed by atoms with Crippen LogP contribution in [0, 0.1) is 22.7 Å². The fourth-order valence-corrected chi connectivity index (χ4v) is 7.10. The van der Waals surface area contributed by atoms with Crippen molar-refractivity contribution in [2.75, 3.05) is 5.75 Å². The second kappa shape index (κ2) is 2.43. The highest BCUT2D eigenvalue weighted by atomic mass is 32.2. The van der Waals surface area contributed by atoms with Crippen LogP contribution < -0.4 is 4.72 Å². The number of fused-ring (bicyclic) bond motifs is 1. The van der Waals surface area contributed by atoms with Crippen LogP contribution in [0.5, 0.6) is 0 Å². The summed E-state index contributed by atoms with van der Waals surface area (Å²) in [7, 11) is -3.00. The molecule has 1 heterocycles. The van der Waals surface area contributed by atoms with Crippen molar-refractivity contribution >= 4 is 10.0 Å². The molecule has 4 heteroatoms. The van der Waals surface area contributed by atoms with Gasteiger partial charge in [-0.1, -0.05) is 20.8 Å². The van der Waals surface area contributed by atoms with Gasteiger partial charge in [0.25, 0.3) is 0 Å². The molecule has 2 bridgehead atoms. The largest absolute Gasteiger partial charge is 0.212 e. The molecule has 0 aromatic carbocycles. The highest BCUT2D eigenvalue weighted by molar-refractivity contribution is 7.89. The van der Waals surface area contributed by atoms with Crippen LogP contribution in [0.3, 0.4) is 0 Å². The number of nitrogens with one attached hydrogen (secondary N) is 1. The topological polar surface area (TPSA) is 46.2 Å². The van der Waals surface area contributed by atoms with Crippen LogP contribution in [-0.2, 0) is 10.0 Å². The molecule has 15 heavy (non-hydrogen) atoms. The molecule has 1 spiro atoms. The highest BCUT2D eigenvalue weighted by Gasteiger charge is 2.71. The average molecular weight is 229 g/mol. The molecule has 3 aliphatic rings. The summed E-state index contributed by atoms with van der Waals surface area (Å²) in [5, 5.41) is 0. The van der Waals surface area contributed by atoms with Crippen LogP contribution in [0.25, 0.3) is 0 Å². The molecule has 3 fully saturated rings. The van der Waals surface area contributed by atoms with Crippen molar-refractivity contribution < 1.29 is 8.42 Å². The lowest BCUT2D eigenvalue weighted by Crippen LogP contribution is -2.42. The molecular formula is C11H19NO2S. The summed E-state index contributed by atoms with van der Waals surface area (Å²) in [5.41, 5.74) is 0.212. The summed E-state index contributed by atoms with van der Waals surface area (Å²) >= 11 is 0. The zero-order chi connectivity index (χ0) is 11.1. The Morgan fingerprint density at radius 3 is 2.60 bits per heavy atom. The molecule has 86 valence electrons. The van der Waals surface area contributed by atoms with Gasteiger partial charge in [0.05, 0.1) is 5.75 Å². The first-order valence-electron chi connectivity index (χ1n) is 5.80. The smallest absolute Gasteiger partial charge is 0.212 e. The Balaban J connectivity index is 2.16. The number of rotatable bonds is 0. The standard InChI is InChI=1S/C11H19NO2S/c1-7-8-4-5-11(10(8,2)3)6-15(13,14)12-9(7)11/h7-9,12H,4-6H2,1-3H3/t7-,8?,9-,11?/m0/s1. The molecule has 0 radical (unpaired) electrons. The van der Waals surface area contributed by atoms with Crippen molar-refractivity contribution in [3.8, 4) is 0 Å². The lowest BCUT2D eigenvalue weighted by molar-refractivity contribution is 0.146. The number of sulfonamides is 1. The van der Waals surface area contributed by atoms with E-state index in [4.69, 9.17) is 0 Å². The van der Waals surface area contributed by atoms with Crippen molar-refractivity contribution in [1.29, 1.82) is 0 Å². The molecule has 0 aromatic heterocycles. The van der Waals surface area contributed by atoms with Crippen LogP contribution in [0.2, 0.25) is 0 Å². The Morgan fingerprint density at radius 1 is 1.33 bits per heavy atom. The van der Waals surface area contributed by atoms with E-state index in [1.165, 1.54) is 6.42 Å². The third kappa shape index (κ3) is 0.936. The summed E-state index contributed by atoms with van der Waals surface area (Å²) < 4.78 is 26.4. The van der Waals surface area contributed by atoms with Crippen molar-refractivity contribution in [3.05, 3.63) is 0 Å². The predicted molar refractivity (Wildman–Crippen MR) is 58.8 cm³/mol. The second-order valence-electron chi connectivity index (χ2n) is 6.24. The molecule has 0 aromatic rings. The van der Waals surface area contributed by atoms with E-state index in [0.29, 0.717) is 17.6 Å². The van der Waals surface area contributed by atoms with Crippen molar-refractivity contribution in [2.45, 2.75) is 39.7 Å². The van der Waals surface area contributed by atoms with Gasteiger partial charge in [0.1, 0.15) is 0 Å². The van der Waals surface area contributed by atoms with Crippen LogP contribution >= 0.6 is 0 Å². The number of hydrogen-bond acceptors (Lipinski definition) is 2. The van der Waals surface area contributed by atoms with Gasteiger partial charge in [-0.25, -0.2) is 13.1 Å². The van der Waals surface area contributed by atoms with Gasteiger partial charge < -0.3 is 0 Å². The molecule has 2 saturated carbocycles. The minimum absolute atomic E-state index is 0.0237. The molecule has 4 atom stereocenters. The Morgan fingerprint density at radius 2 is 2.00 bits per heavy atom. The first-order valence-corrected chi connectivity index (χ1v) is 7.45. The number of hydrogen-bond donors (Lipinski definition) is 1. The molecular weight excluding hydrogens is 210 g/mol. The lowest BCUT2D eigenvalue weighted by atomic mass is 9.69. The molecule has 3 nitrogen and oxygen atoms in total. The fraction of sp³-hybridized carbons (Fsp3) is 1.00. The van der Waals surface area contributed by atoms with Gasteiger partial charge in [0, 0.05) is 11.5 Å². The Labute approximate surface area is 91.7 Å². The highest BCUT2D eigenvalue weighted by Crippen LogP contribution is 2.69. The molecule has 1 saturated heterocycles. The predicted octanol–water partition coefficient (Wildman–Crippen LogP) is 1.36. The summed E-state index contributed by atoms with van der Waals surface area (Å²) in [6, 6.07) is 0.205. The maximum atomic E-state index is 11.7. The van der Waals surface area contributed by atoms with Gasteiger partial charge in [-0.15, -0.1) is 0 Å². The molecule has 2 aliphatic carbocycles. The maximum Gasteiger partial charge on any atom is 0.212 e. The van der Waals surface area contributed by atoms with Gasteiger partial charge in [-0.05, 0) is 30.1 Å². The van der Waals surface area contributed by atoms with Gasteiger partial charge in [0.15, 0.2) is 0 Å². The second-order valence-corrected chi connectivity index (χ2v) is 7.99.